The van der Waals surface area contributed by atoms with E-state index in [4.69, 9.17) is 9.47 Å². The van der Waals surface area contributed by atoms with Crippen molar-refractivity contribution >= 4 is 0 Å². The lowest BCUT2D eigenvalue weighted by molar-refractivity contribution is -0.361. The molecule has 6 atom stereocenters. The smallest absolute Gasteiger partial charge is 0.188 e. The van der Waals surface area contributed by atoms with Crippen LogP contribution in [0.25, 0.3) is 0 Å². The minimum Gasteiger partial charge on any atom is -0.391 e. The molecular weight excluding hydrogens is 216 g/mol. The van der Waals surface area contributed by atoms with Gasteiger partial charge in [-0.25, -0.2) is 0 Å². The Kier molecular flexibility index (Phi) is 3.64. The van der Waals surface area contributed by atoms with Crippen molar-refractivity contribution in [2.24, 2.45) is 0 Å². The Morgan fingerprint density at radius 3 is 2.12 bits per heavy atom. The number of hydrogen-bond acceptors (Lipinski definition) is 6. The van der Waals surface area contributed by atoms with Crippen molar-refractivity contribution in [3.05, 3.63) is 0 Å². The maximum absolute atomic E-state index is 10.1. The summed E-state index contributed by atoms with van der Waals surface area (Å²) in [5.41, 5.74) is -3.50. The molecule has 6 nitrogen and oxygen atoms in total. The fourth-order valence-electron chi connectivity index (χ4n) is 2.18. The largest absolute Gasteiger partial charge is 0.391 e. The van der Waals surface area contributed by atoms with E-state index < -0.39 is 35.8 Å². The quantitative estimate of drug-likeness (QED) is 0.471. The maximum atomic E-state index is 10.1. The molecule has 0 saturated carbocycles. The molecule has 1 saturated heterocycles. The predicted octanol–water partition coefficient (Wildman–Crippen LogP) is -1.40. The van der Waals surface area contributed by atoms with Gasteiger partial charge in [-0.1, -0.05) is 0 Å². The highest BCUT2D eigenvalue weighted by Crippen LogP contribution is 2.37. The molecule has 0 aromatic heterocycles. The highest BCUT2D eigenvalue weighted by Gasteiger charge is 2.59. The molecule has 1 fully saturated rings. The van der Waals surface area contributed by atoms with Gasteiger partial charge in [0.1, 0.15) is 23.4 Å². The van der Waals surface area contributed by atoms with Gasteiger partial charge < -0.3 is 29.9 Å². The SMILES string of the molecule is CO[C@H]1O[C@H](C(C)O)[C@](C)(O)[C@H](O)[C@@]1(C)O. The van der Waals surface area contributed by atoms with Crippen molar-refractivity contribution in [2.45, 2.75) is 56.6 Å². The van der Waals surface area contributed by atoms with E-state index in [-0.39, 0.29) is 0 Å². The van der Waals surface area contributed by atoms with Crippen LogP contribution in [0, 0.1) is 0 Å². The molecule has 0 spiro atoms. The van der Waals surface area contributed by atoms with Gasteiger partial charge in [0.15, 0.2) is 6.29 Å². The van der Waals surface area contributed by atoms with Gasteiger partial charge in [0, 0.05) is 7.11 Å². The summed E-state index contributed by atoms with van der Waals surface area (Å²) in [6.07, 6.45) is -4.63. The Morgan fingerprint density at radius 1 is 1.25 bits per heavy atom. The van der Waals surface area contributed by atoms with Crippen LogP contribution in [0.1, 0.15) is 20.8 Å². The highest BCUT2D eigenvalue weighted by molar-refractivity contribution is 5.06. The maximum Gasteiger partial charge on any atom is 0.188 e. The van der Waals surface area contributed by atoms with E-state index in [1.165, 1.54) is 27.9 Å². The van der Waals surface area contributed by atoms with Crippen molar-refractivity contribution < 1.29 is 29.9 Å². The Bertz CT molecular complexity index is 246. The average Bonchev–Trinajstić information content (AvgIpc) is 2.14. The van der Waals surface area contributed by atoms with Crippen molar-refractivity contribution in [2.75, 3.05) is 7.11 Å². The number of rotatable bonds is 2. The van der Waals surface area contributed by atoms with E-state index in [1.54, 1.807) is 0 Å². The van der Waals surface area contributed by atoms with Crippen molar-refractivity contribution in [3.8, 4) is 0 Å². The number of aliphatic hydroxyl groups is 4. The lowest BCUT2D eigenvalue weighted by Crippen LogP contribution is -2.72. The first-order valence-corrected chi connectivity index (χ1v) is 5.14. The minimum atomic E-state index is -1.76. The molecule has 16 heavy (non-hydrogen) atoms. The summed E-state index contributed by atoms with van der Waals surface area (Å²) in [5.74, 6) is 0. The molecule has 6 heteroatoms. The van der Waals surface area contributed by atoms with Crippen molar-refractivity contribution in [1.29, 1.82) is 0 Å². The van der Waals surface area contributed by atoms with Gasteiger partial charge in [0.05, 0.1) is 6.10 Å². The lowest BCUT2D eigenvalue weighted by atomic mass is 9.77. The topological polar surface area (TPSA) is 99.4 Å². The summed E-state index contributed by atoms with van der Waals surface area (Å²) >= 11 is 0. The monoisotopic (exact) mass is 236 g/mol. The van der Waals surface area contributed by atoms with Gasteiger partial charge >= 0.3 is 0 Å². The molecule has 1 aliphatic heterocycles. The molecule has 0 aromatic rings. The summed E-state index contributed by atoms with van der Waals surface area (Å²) in [6.45, 7) is 4.03. The third kappa shape index (κ3) is 1.97. The summed E-state index contributed by atoms with van der Waals surface area (Å²) in [6, 6.07) is 0. The van der Waals surface area contributed by atoms with Gasteiger partial charge in [-0.3, -0.25) is 0 Å². The first-order chi connectivity index (χ1) is 7.15. The first kappa shape index (κ1) is 13.8. The van der Waals surface area contributed by atoms with Crippen LogP contribution >= 0.6 is 0 Å². The molecule has 0 radical (unpaired) electrons. The van der Waals surface area contributed by atoms with Gasteiger partial charge in [0.2, 0.25) is 0 Å². The normalized spacial score (nSPS) is 51.4. The predicted molar refractivity (Wildman–Crippen MR) is 54.6 cm³/mol. The summed E-state index contributed by atoms with van der Waals surface area (Å²) in [5, 5.41) is 39.5. The lowest BCUT2D eigenvalue weighted by Gasteiger charge is -2.51. The van der Waals surface area contributed by atoms with Crippen LogP contribution in [0.15, 0.2) is 0 Å². The van der Waals surface area contributed by atoms with Crippen LogP contribution in [-0.2, 0) is 9.47 Å². The molecule has 0 aliphatic carbocycles. The van der Waals surface area contributed by atoms with Crippen LogP contribution in [-0.4, -0.2) is 63.3 Å². The fourth-order valence-corrected chi connectivity index (χ4v) is 2.18. The number of methoxy groups -OCH3 is 1. The van der Waals surface area contributed by atoms with Gasteiger partial charge in [-0.05, 0) is 20.8 Å². The van der Waals surface area contributed by atoms with Crippen molar-refractivity contribution in [3.63, 3.8) is 0 Å². The second-order valence-electron chi connectivity index (χ2n) is 4.72. The Labute approximate surface area is 94.4 Å². The van der Waals surface area contributed by atoms with E-state index in [9.17, 15) is 20.4 Å². The molecule has 1 unspecified atom stereocenters. The first-order valence-electron chi connectivity index (χ1n) is 5.14. The average molecular weight is 236 g/mol. The fraction of sp³-hybridized carbons (Fsp3) is 1.00. The summed E-state index contributed by atoms with van der Waals surface area (Å²) in [4.78, 5) is 0. The second-order valence-corrected chi connectivity index (χ2v) is 4.72. The molecule has 1 heterocycles. The van der Waals surface area contributed by atoms with E-state index in [2.05, 4.69) is 0 Å². The van der Waals surface area contributed by atoms with E-state index in [0.717, 1.165) is 0 Å². The molecule has 4 N–H and O–H groups in total. The third-order valence-electron chi connectivity index (χ3n) is 3.08. The number of ether oxygens (including phenoxy) is 2. The van der Waals surface area contributed by atoms with E-state index >= 15 is 0 Å². The zero-order valence-electron chi connectivity index (χ0n) is 9.91. The zero-order valence-corrected chi connectivity index (χ0v) is 9.91. The zero-order chi connectivity index (χ0) is 12.7. The van der Waals surface area contributed by atoms with Crippen LogP contribution in [0.3, 0.4) is 0 Å². The number of hydrogen-bond donors (Lipinski definition) is 4. The Balaban J connectivity index is 3.05. The van der Waals surface area contributed by atoms with Crippen LogP contribution in [0.2, 0.25) is 0 Å². The van der Waals surface area contributed by atoms with E-state index in [1.807, 2.05) is 0 Å². The molecular formula is C10H20O6. The van der Waals surface area contributed by atoms with Crippen LogP contribution in [0.5, 0.6) is 0 Å². The van der Waals surface area contributed by atoms with Gasteiger partial charge in [0.25, 0.3) is 0 Å². The third-order valence-corrected chi connectivity index (χ3v) is 3.08. The molecule has 1 aliphatic rings. The van der Waals surface area contributed by atoms with Gasteiger partial charge in [-0.15, -0.1) is 0 Å². The summed E-state index contributed by atoms with van der Waals surface area (Å²) < 4.78 is 10.2. The molecule has 96 valence electrons. The standard InChI is InChI=1S/C10H20O6/c1-5(11)6-9(2,13)7(12)10(3,14)8(15-4)16-6/h5-8,11-14H,1-4H3/t5?,6-,7+,8+,9+,10-/m1/s1. The molecule has 0 amide bonds. The minimum absolute atomic E-state index is 1.00. The highest BCUT2D eigenvalue weighted by atomic mass is 16.7. The van der Waals surface area contributed by atoms with E-state index in [0.29, 0.717) is 0 Å². The van der Waals surface area contributed by atoms with Gasteiger partial charge in [-0.2, -0.15) is 0 Å². The second kappa shape index (κ2) is 4.21. The summed E-state index contributed by atoms with van der Waals surface area (Å²) in [7, 11) is 1.31. The van der Waals surface area contributed by atoms with Crippen LogP contribution < -0.4 is 0 Å². The Hall–Kier alpha value is -0.240. The molecule has 1 rings (SSSR count). The van der Waals surface area contributed by atoms with Crippen LogP contribution in [0.4, 0.5) is 0 Å². The number of aliphatic hydroxyl groups excluding tert-OH is 2. The Morgan fingerprint density at radius 2 is 1.75 bits per heavy atom. The van der Waals surface area contributed by atoms with Crippen molar-refractivity contribution in [1.82, 2.24) is 0 Å². The molecule has 0 bridgehead atoms. The molecule has 0 aromatic carbocycles.